The van der Waals surface area contributed by atoms with Crippen molar-refractivity contribution in [3.05, 3.63) is 40.6 Å². The number of aryl methyl sites for hydroxylation is 1. The third kappa shape index (κ3) is 3.11. The highest BCUT2D eigenvalue weighted by molar-refractivity contribution is 7.92. The van der Waals surface area contributed by atoms with Crippen LogP contribution in [0.15, 0.2) is 35.4 Å². The lowest BCUT2D eigenvalue weighted by molar-refractivity contribution is -0.387. The van der Waals surface area contributed by atoms with Crippen LogP contribution in [-0.2, 0) is 17.1 Å². The van der Waals surface area contributed by atoms with Crippen LogP contribution < -0.4 is 10.0 Å². The van der Waals surface area contributed by atoms with Gasteiger partial charge < -0.3 is 5.32 Å². The lowest BCUT2D eigenvalue weighted by atomic mass is 10.3. The fraction of sp³-hybridized carbons (Fsp3) is 0.182. The first kappa shape index (κ1) is 14.8. The maximum absolute atomic E-state index is 12.3. The summed E-state index contributed by atoms with van der Waals surface area (Å²) in [5.74, 6) is 0.0875. The number of nitrogens with zero attached hydrogens (tertiary/aromatic N) is 3. The smallest absolute Gasteiger partial charge is 0.291 e. The fourth-order valence-electron chi connectivity index (χ4n) is 1.70. The molecule has 1 aromatic carbocycles. The zero-order valence-electron chi connectivity index (χ0n) is 11.3. The summed E-state index contributed by atoms with van der Waals surface area (Å²) in [5.41, 5.74) is -0.0660. The molecule has 21 heavy (non-hydrogen) atoms. The number of rotatable bonds is 5. The number of hydrogen-bond donors (Lipinski definition) is 2. The summed E-state index contributed by atoms with van der Waals surface area (Å²) >= 11 is 0. The van der Waals surface area contributed by atoms with E-state index in [2.05, 4.69) is 15.1 Å². The summed E-state index contributed by atoms with van der Waals surface area (Å²) in [4.78, 5) is 9.90. The molecule has 1 aromatic heterocycles. The van der Waals surface area contributed by atoms with Crippen molar-refractivity contribution >= 4 is 27.2 Å². The second-order valence-electron chi connectivity index (χ2n) is 4.17. The van der Waals surface area contributed by atoms with Gasteiger partial charge in [-0.3, -0.25) is 19.5 Å². The summed E-state index contributed by atoms with van der Waals surface area (Å²) in [6.45, 7) is 0. The molecule has 0 spiro atoms. The Hall–Kier alpha value is -2.62. The molecule has 0 atom stereocenters. The number of hydrogen-bond acceptors (Lipinski definition) is 6. The van der Waals surface area contributed by atoms with Crippen LogP contribution >= 0.6 is 0 Å². The monoisotopic (exact) mass is 311 g/mol. The number of benzene rings is 1. The van der Waals surface area contributed by atoms with Gasteiger partial charge in [-0.15, -0.1) is 0 Å². The number of nitro benzene ring substituents is 1. The van der Waals surface area contributed by atoms with Crippen LogP contribution in [0.1, 0.15) is 0 Å². The van der Waals surface area contributed by atoms with Crippen molar-refractivity contribution in [2.45, 2.75) is 4.90 Å². The first-order valence-corrected chi connectivity index (χ1v) is 7.30. The Morgan fingerprint density at radius 2 is 2.05 bits per heavy atom. The van der Waals surface area contributed by atoms with E-state index in [9.17, 15) is 18.5 Å². The van der Waals surface area contributed by atoms with Gasteiger partial charge in [0.15, 0.2) is 10.7 Å². The zero-order chi connectivity index (χ0) is 15.6. The third-order valence-electron chi connectivity index (χ3n) is 2.69. The summed E-state index contributed by atoms with van der Waals surface area (Å²) < 4.78 is 28.1. The minimum atomic E-state index is -4.10. The van der Waals surface area contributed by atoms with Crippen LogP contribution in [0, 0.1) is 10.1 Å². The van der Waals surface area contributed by atoms with Gasteiger partial charge in [0.1, 0.15) is 0 Å². The molecule has 1 heterocycles. The number of aromatic nitrogens is 2. The molecular formula is C11H13N5O4S. The van der Waals surface area contributed by atoms with Gasteiger partial charge >= 0.3 is 0 Å². The van der Waals surface area contributed by atoms with Crippen molar-refractivity contribution in [2.75, 3.05) is 17.1 Å². The highest BCUT2D eigenvalue weighted by Crippen LogP contribution is 2.28. The molecule has 9 nitrogen and oxygen atoms in total. The maximum Gasteiger partial charge on any atom is 0.291 e. The molecule has 0 fully saturated rings. The Labute approximate surface area is 120 Å². The molecule has 112 valence electrons. The van der Waals surface area contributed by atoms with E-state index in [0.29, 0.717) is 5.69 Å². The average Bonchev–Trinajstić information content (AvgIpc) is 2.82. The molecule has 0 saturated heterocycles. The van der Waals surface area contributed by atoms with Crippen LogP contribution in [0.5, 0.6) is 0 Å². The lowest BCUT2D eigenvalue weighted by Crippen LogP contribution is -2.15. The topological polar surface area (TPSA) is 119 Å². The van der Waals surface area contributed by atoms with Gasteiger partial charge in [-0.2, -0.15) is 5.10 Å². The van der Waals surface area contributed by atoms with E-state index in [1.807, 2.05) is 0 Å². The van der Waals surface area contributed by atoms with Gasteiger partial charge in [-0.25, -0.2) is 8.42 Å². The van der Waals surface area contributed by atoms with E-state index in [-0.39, 0.29) is 5.82 Å². The number of anilines is 2. The SMILES string of the molecule is CNc1ccc(S(=O)(=O)Nc2ccn(C)n2)c([N+](=O)[O-])c1. The molecule has 0 aliphatic rings. The van der Waals surface area contributed by atoms with Crippen molar-refractivity contribution < 1.29 is 13.3 Å². The predicted molar refractivity (Wildman–Crippen MR) is 76.7 cm³/mol. The molecule has 0 radical (unpaired) electrons. The molecule has 0 amide bonds. The maximum atomic E-state index is 12.3. The fourth-order valence-corrected chi connectivity index (χ4v) is 2.86. The molecule has 10 heteroatoms. The summed E-state index contributed by atoms with van der Waals surface area (Å²) in [5, 5.41) is 17.7. The minimum absolute atomic E-state index is 0.0875. The van der Waals surface area contributed by atoms with Crippen LogP contribution in [-0.4, -0.2) is 30.2 Å². The van der Waals surface area contributed by atoms with Crippen molar-refractivity contribution in [1.82, 2.24) is 9.78 Å². The van der Waals surface area contributed by atoms with E-state index in [0.717, 1.165) is 6.07 Å². The van der Waals surface area contributed by atoms with Crippen LogP contribution in [0.3, 0.4) is 0 Å². The van der Waals surface area contributed by atoms with E-state index >= 15 is 0 Å². The molecule has 0 bridgehead atoms. The molecule has 0 saturated carbocycles. The van der Waals surface area contributed by atoms with Gasteiger partial charge in [0.05, 0.1) is 4.92 Å². The van der Waals surface area contributed by atoms with E-state index in [1.165, 1.54) is 22.9 Å². The van der Waals surface area contributed by atoms with E-state index in [1.54, 1.807) is 20.3 Å². The van der Waals surface area contributed by atoms with Crippen molar-refractivity contribution in [1.29, 1.82) is 0 Å². The summed E-state index contributed by atoms with van der Waals surface area (Å²) in [6.07, 6.45) is 1.55. The average molecular weight is 311 g/mol. The Morgan fingerprint density at radius 3 is 2.57 bits per heavy atom. The molecular weight excluding hydrogens is 298 g/mol. The van der Waals surface area contributed by atoms with Gasteiger partial charge in [0, 0.05) is 38.1 Å². The second kappa shape index (κ2) is 5.40. The third-order valence-corrected chi connectivity index (χ3v) is 4.09. The standard InChI is InChI=1S/C11H13N5O4S/c1-12-8-3-4-10(9(7-8)16(17)18)21(19,20)14-11-5-6-15(2)13-11/h3-7,12H,1-2H3,(H,13,14). The van der Waals surface area contributed by atoms with E-state index < -0.39 is 25.5 Å². The van der Waals surface area contributed by atoms with Crippen molar-refractivity contribution in [3.63, 3.8) is 0 Å². The normalized spacial score (nSPS) is 11.1. The number of sulfonamides is 1. The Kier molecular flexibility index (Phi) is 3.80. The summed E-state index contributed by atoms with van der Waals surface area (Å²) in [6, 6.07) is 5.23. The lowest BCUT2D eigenvalue weighted by Gasteiger charge is -2.07. The van der Waals surface area contributed by atoms with Crippen molar-refractivity contribution in [2.24, 2.45) is 7.05 Å². The largest absolute Gasteiger partial charge is 0.388 e. The Bertz CT molecular complexity index is 784. The Morgan fingerprint density at radius 1 is 1.33 bits per heavy atom. The van der Waals surface area contributed by atoms with Crippen LogP contribution in [0.25, 0.3) is 0 Å². The van der Waals surface area contributed by atoms with Crippen LogP contribution in [0.2, 0.25) is 0 Å². The predicted octanol–water partition coefficient (Wildman–Crippen LogP) is 1.17. The highest BCUT2D eigenvalue weighted by Gasteiger charge is 2.26. The zero-order valence-corrected chi connectivity index (χ0v) is 12.1. The highest BCUT2D eigenvalue weighted by atomic mass is 32.2. The molecule has 0 unspecified atom stereocenters. The molecule has 2 rings (SSSR count). The molecule has 0 aliphatic heterocycles. The second-order valence-corrected chi connectivity index (χ2v) is 5.82. The first-order chi connectivity index (χ1) is 9.83. The number of nitrogens with one attached hydrogen (secondary N) is 2. The quantitative estimate of drug-likeness (QED) is 0.632. The van der Waals surface area contributed by atoms with Gasteiger partial charge in [0.25, 0.3) is 15.7 Å². The first-order valence-electron chi connectivity index (χ1n) is 5.82. The number of nitro groups is 1. The minimum Gasteiger partial charge on any atom is -0.388 e. The summed E-state index contributed by atoms with van der Waals surface area (Å²) in [7, 11) is -0.886. The Balaban J connectivity index is 2.46. The van der Waals surface area contributed by atoms with Gasteiger partial charge in [0.2, 0.25) is 0 Å². The van der Waals surface area contributed by atoms with Gasteiger partial charge in [-0.1, -0.05) is 0 Å². The van der Waals surface area contributed by atoms with Crippen molar-refractivity contribution in [3.8, 4) is 0 Å². The molecule has 0 aliphatic carbocycles. The molecule has 2 N–H and O–H groups in total. The van der Waals surface area contributed by atoms with Crippen LogP contribution in [0.4, 0.5) is 17.2 Å². The van der Waals surface area contributed by atoms with Gasteiger partial charge in [-0.05, 0) is 12.1 Å². The molecule has 2 aromatic rings. The van der Waals surface area contributed by atoms with E-state index in [4.69, 9.17) is 0 Å².